The SMILES string of the molecule is Cc1cccc2c1c1ccccc1c1ncc(Br)n21.Cc1cccc2c1c1ccccc1c1nccn21.[2H]B=NSCC. The van der Waals surface area contributed by atoms with Gasteiger partial charge in [-0.1, -0.05) is 72.8 Å². The standard InChI is InChI=1S/C16H11BrN2.C16H12N2.C2H6BNS/c1-10-5-4-8-13-15(10)11-6-2-3-7-12(11)16-18-9-14(17)19(13)16;1-11-5-4-8-14-15(11)12-6-2-3-7-13(12)16-17-9-10-18(14)16;1-2-5-4-3/h2-9H,1H3;2-10H,1H3;3H,2H2,1H3/i;;3D. The van der Waals surface area contributed by atoms with Gasteiger partial charge in [-0.15, -0.1) is 0 Å². The molecule has 0 spiro atoms. The van der Waals surface area contributed by atoms with Gasteiger partial charge in [-0.2, -0.15) is 0 Å². The first-order chi connectivity index (χ1) is 21.0. The van der Waals surface area contributed by atoms with Crippen molar-refractivity contribution >= 4 is 90.1 Å². The Bertz CT molecular complexity index is 2280. The molecule has 0 radical (unpaired) electrons. The van der Waals surface area contributed by atoms with Gasteiger partial charge in [0.25, 0.3) is 0 Å². The van der Waals surface area contributed by atoms with Crippen LogP contribution in [-0.4, -0.2) is 33.5 Å². The van der Waals surface area contributed by atoms with Gasteiger partial charge < -0.3 is 0 Å². The van der Waals surface area contributed by atoms with Crippen LogP contribution in [-0.2, 0) is 0 Å². The number of benzene rings is 4. The van der Waals surface area contributed by atoms with Crippen molar-refractivity contribution in [1.82, 2.24) is 18.8 Å². The van der Waals surface area contributed by atoms with E-state index in [0.717, 1.165) is 29.3 Å². The van der Waals surface area contributed by atoms with E-state index in [1.165, 1.54) is 66.4 Å². The van der Waals surface area contributed by atoms with Gasteiger partial charge in [0.05, 0.1) is 17.2 Å². The fraction of sp³-hybridized carbons (Fsp3) is 0.118. The average molecular weight is 631 g/mol. The van der Waals surface area contributed by atoms with E-state index in [9.17, 15) is 0 Å². The summed E-state index contributed by atoms with van der Waals surface area (Å²) in [5, 5.41) is 7.56. The molecule has 0 fully saturated rings. The molecular formula is C34H29BBrN5S. The van der Waals surface area contributed by atoms with Crippen molar-refractivity contribution in [2.75, 3.05) is 5.75 Å². The molecule has 0 aliphatic heterocycles. The van der Waals surface area contributed by atoms with E-state index >= 15 is 0 Å². The third-order valence-corrected chi connectivity index (χ3v) is 8.41. The van der Waals surface area contributed by atoms with E-state index in [1.807, 2.05) is 25.5 Å². The number of aromatic nitrogens is 4. The predicted molar refractivity (Wildman–Crippen MR) is 185 cm³/mol. The van der Waals surface area contributed by atoms with Crippen LogP contribution in [0.1, 0.15) is 18.1 Å². The van der Waals surface area contributed by atoms with Crippen LogP contribution in [0.4, 0.5) is 0 Å². The molecule has 8 heteroatoms. The number of aryl methyl sites for hydroxylation is 2. The van der Waals surface area contributed by atoms with Crippen molar-refractivity contribution in [3.05, 3.63) is 119 Å². The Kier molecular flexibility index (Phi) is 7.73. The monoisotopic (exact) mass is 630 g/mol. The van der Waals surface area contributed by atoms with Crippen molar-refractivity contribution in [2.24, 2.45) is 4.30 Å². The zero-order valence-electron chi connectivity index (χ0n) is 24.6. The van der Waals surface area contributed by atoms with Crippen molar-refractivity contribution in [1.29, 1.82) is 1.34 Å². The Labute approximate surface area is 259 Å². The van der Waals surface area contributed by atoms with Gasteiger partial charge in [-0.25, -0.2) is 9.97 Å². The first-order valence-corrected chi connectivity index (χ1v) is 15.5. The van der Waals surface area contributed by atoms with E-state index < -0.39 is 0 Å². The minimum absolute atomic E-state index is 0.954. The number of hydrogen-bond donors (Lipinski definition) is 0. The van der Waals surface area contributed by atoms with E-state index in [4.69, 9.17) is 1.34 Å². The second-order valence-electron chi connectivity index (χ2n) is 9.91. The molecule has 0 N–H and O–H groups in total. The zero-order chi connectivity index (χ0) is 29.9. The molecule has 4 heterocycles. The van der Waals surface area contributed by atoms with Crippen molar-refractivity contribution in [3.63, 3.8) is 0 Å². The fourth-order valence-electron chi connectivity index (χ4n) is 5.71. The molecule has 5 nitrogen and oxygen atoms in total. The predicted octanol–water partition coefficient (Wildman–Crippen LogP) is 9.40. The van der Waals surface area contributed by atoms with Crippen LogP contribution >= 0.6 is 27.9 Å². The Hall–Kier alpha value is -4.01. The Morgan fingerprint density at radius 3 is 2.00 bits per heavy atom. The molecule has 8 aromatic rings. The summed E-state index contributed by atoms with van der Waals surface area (Å²) in [7, 11) is 1.05. The maximum atomic E-state index is 6.39. The van der Waals surface area contributed by atoms with Crippen LogP contribution in [0.15, 0.2) is 112 Å². The summed E-state index contributed by atoms with van der Waals surface area (Å²) in [5.41, 5.74) is 7.04. The van der Waals surface area contributed by atoms with Crippen molar-refractivity contribution in [3.8, 4) is 0 Å². The molecular weight excluding hydrogens is 601 g/mol. The van der Waals surface area contributed by atoms with Gasteiger partial charge >= 0.3 is 37.9 Å². The molecule has 0 bridgehead atoms. The molecule has 8 rings (SSSR count). The van der Waals surface area contributed by atoms with Crippen LogP contribution in [0, 0.1) is 13.8 Å². The van der Waals surface area contributed by atoms with Gasteiger partial charge in [0, 0.05) is 33.9 Å². The molecule has 0 saturated heterocycles. The van der Waals surface area contributed by atoms with E-state index in [-0.39, 0.29) is 0 Å². The van der Waals surface area contributed by atoms with Crippen LogP contribution in [0.25, 0.3) is 54.6 Å². The molecule has 0 amide bonds. The number of nitrogens with zero attached hydrogens (tertiary/aromatic N) is 5. The normalized spacial score (nSPS) is 11.6. The molecule has 206 valence electrons. The number of fused-ring (bicyclic) bond motifs is 12. The summed E-state index contributed by atoms with van der Waals surface area (Å²) >= 11 is 4.99. The number of halogens is 1. The van der Waals surface area contributed by atoms with Crippen molar-refractivity contribution in [2.45, 2.75) is 20.8 Å². The quantitative estimate of drug-likeness (QED) is 0.109. The molecule has 0 saturated carbocycles. The third-order valence-electron chi connectivity index (χ3n) is 7.44. The molecule has 0 unspecified atom stereocenters. The molecule has 0 aliphatic carbocycles. The van der Waals surface area contributed by atoms with Crippen molar-refractivity contribution < 1.29 is 0 Å². The number of rotatable bonds is 2. The third kappa shape index (κ3) is 4.88. The maximum absolute atomic E-state index is 6.39. The van der Waals surface area contributed by atoms with Gasteiger partial charge in [0.15, 0.2) is 0 Å². The van der Waals surface area contributed by atoms with Gasteiger partial charge in [0.2, 0.25) is 0 Å². The molecule has 0 aliphatic rings. The minimum atomic E-state index is 0.954. The van der Waals surface area contributed by atoms with Crippen LogP contribution < -0.4 is 0 Å². The van der Waals surface area contributed by atoms with Crippen LogP contribution in [0.2, 0.25) is 0 Å². The Balaban J connectivity index is 0.000000130. The summed E-state index contributed by atoms with van der Waals surface area (Å²) in [6, 6.07) is 29.8. The first kappa shape index (κ1) is 26.9. The summed E-state index contributed by atoms with van der Waals surface area (Å²) in [4.78, 5) is 9.03. The second-order valence-corrected chi connectivity index (χ2v) is 11.8. The van der Waals surface area contributed by atoms with E-state index in [0.29, 0.717) is 0 Å². The van der Waals surface area contributed by atoms with E-state index in [1.54, 1.807) is 0 Å². The number of hydrogen-bond acceptors (Lipinski definition) is 4. The van der Waals surface area contributed by atoms with E-state index in [2.05, 4.69) is 138 Å². The van der Waals surface area contributed by atoms with Crippen LogP contribution in [0.3, 0.4) is 0 Å². The topological polar surface area (TPSA) is 47.0 Å². The van der Waals surface area contributed by atoms with Crippen LogP contribution in [0.5, 0.6) is 0 Å². The van der Waals surface area contributed by atoms with Gasteiger partial charge in [0.1, 0.15) is 15.9 Å². The summed E-state index contributed by atoms with van der Waals surface area (Å²) in [6.45, 7) is 6.32. The molecule has 42 heavy (non-hydrogen) atoms. The fourth-order valence-corrected chi connectivity index (χ4v) is 6.32. The molecule has 4 aromatic carbocycles. The summed E-state index contributed by atoms with van der Waals surface area (Å²) in [5.74, 6) is 0.954. The van der Waals surface area contributed by atoms with Gasteiger partial charge in [-0.3, -0.25) is 8.80 Å². The second kappa shape index (κ2) is 12.1. The average Bonchev–Trinajstić information content (AvgIpc) is 3.69. The zero-order valence-corrected chi connectivity index (χ0v) is 26.0. The number of imidazole rings is 2. The number of pyridine rings is 2. The molecule has 4 aromatic heterocycles. The summed E-state index contributed by atoms with van der Waals surface area (Å²) < 4.78 is 15.3. The summed E-state index contributed by atoms with van der Waals surface area (Å²) in [6.07, 6.45) is 5.76. The first-order valence-electron chi connectivity index (χ1n) is 14.3. The van der Waals surface area contributed by atoms with Gasteiger partial charge in [-0.05, 0) is 63.8 Å². The Morgan fingerprint density at radius 2 is 1.38 bits per heavy atom. The molecule has 0 atom stereocenters. The Morgan fingerprint density at radius 1 is 0.786 bits per heavy atom.